The van der Waals surface area contributed by atoms with Gasteiger partial charge in [0.1, 0.15) is 19.9 Å². The van der Waals surface area contributed by atoms with Gasteiger partial charge in [0.2, 0.25) is 0 Å². The molecular formula is C31H19N4Na3O12S3. The average molecular weight is 805 g/mol. The molecule has 0 aromatic heterocycles. The second-order valence-corrected chi connectivity index (χ2v) is 14.8. The molecule has 16 nitrogen and oxygen atoms in total. The van der Waals surface area contributed by atoms with Gasteiger partial charge in [0, 0.05) is 22.1 Å². The van der Waals surface area contributed by atoms with Gasteiger partial charge < -0.3 is 25.4 Å². The van der Waals surface area contributed by atoms with E-state index in [4.69, 9.17) is 0 Å². The van der Waals surface area contributed by atoms with Crippen LogP contribution in [-0.4, -0.2) is 44.9 Å². The van der Waals surface area contributed by atoms with Gasteiger partial charge in [0.15, 0.2) is 0 Å². The number of carbonyl (C=O) groups is 1. The molecule has 0 unspecified atom stereocenters. The number of hydrogen-bond acceptors (Lipinski definition) is 12. The second kappa shape index (κ2) is 17.0. The van der Waals surface area contributed by atoms with Gasteiger partial charge in [-0.2, -0.15) is 16.8 Å². The Labute approximate surface area is 367 Å². The van der Waals surface area contributed by atoms with E-state index in [1.807, 2.05) is 0 Å². The largest absolute Gasteiger partial charge is 1.00 e. The van der Waals surface area contributed by atoms with Crippen LogP contribution in [0.25, 0.3) is 32.3 Å². The molecular weight excluding hydrogens is 786 g/mol. The number of anilines is 2. The molecule has 0 bridgehead atoms. The molecule has 6 aromatic carbocycles. The molecule has 0 saturated carbocycles. The van der Waals surface area contributed by atoms with Crippen LogP contribution in [0.5, 0.6) is 11.5 Å². The van der Waals surface area contributed by atoms with Crippen molar-refractivity contribution in [3.63, 3.8) is 0 Å². The Balaban J connectivity index is 0.00000252. The van der Waals surface area contributed by atoms with Gasteiger partial charge in [0.25, 0.3) is 20.2 Å². The quantitative estimate of drug-likeness (QED) is 0.0679. The summed E-state index contributed by atoms with van der Waals surface area (Å²) in [5.74, 6) is -1.67. The predicted molar refractivity (Wildman–Crippen MR) is 175 cm³/mol. The number of azo groups is 1. The Morgan fingerprint density at radius 1 is 0.604 bits per heavy atom. The van der Waals surface area contributed by atoms with Crippen molar-refractivity contribution in [2.24, 2.45) is 10.2 Å². The Morgan fingerprint density at radius 3 is 1.72 bits per heavy atom. The molecule has 0 heterocycles. The van der Waals surface area contributed by atoms with Crippen LogP contribution < -0.4 is 110 Å². The number of nitrogens with zero attached hydrogens (tertiary/aromatic N) is 2. The zero-order valence-electron chi connectivity index (χ0n) is 27.8. The predicted octanol–water partition coefficient (Wildman–Crippen LogP) is -4.24. The fourth-order valence-electron chi connectivity index (χ4n) is 5.20. The Bertz CT molecular complexity index is 2800. The maximum Gasteiger partial charge on any atom is 1.00 e. The number of amides is 2. The third-order valence-corrected chi connectivity index (χ3v) is 9.99. The summed E-state index contributed by atoms with van der Waals surface area (Å²) in [6, 6.07) is 17.7. The minimum absolute atomic E-state index is 0. The summed E-state index contributed by atoms with van der Waals surface area (Å²) >= 11 is 0. The van der Waals surface area contributed by atoms with E-state index >= 15 is 0 Å². The minimum Gasteiger partial charge on any atom is -0.872 e. The van der Waals surface area contributed by atoms with Crippen molar-refractivity contribution < 1.29 is 143 Å². The fourth-order valence-corrected chi connectivity index (χ4v) is 7.07. The number of urea groups is 1. The molecule has 6 aromatic rings. The van der Waals surface area contributed by atoms with Crippen molar-refractivity contribution in [1.29, 1.82) is 0 Å². The van der Waals surface area contributed by atoms with Crippen LogP contribution in [0.15, 0.2) is 116 Å². The van der Waals surface area contributed by atoms with E-state index in [-0.39, 0.29) is 138 Å². The standard InChI is InChI=1S/C31H22N4O12S3.3Na/c36-26-15-20(48(39,40)41)13-16-11-18(5-7-21(16)26)32-31(38)33-19-6-8-22-17(12-19)14-28(50(45,46)47)29(30(22)37)35-34-25-9-10-27(49(42,43)44)24-4-2-1-3-23(24)25;;;/h1-15,36-37H,(H2,32,33,38)(H,39,40,41)(H,42,43,44)(H,45,46,47);;;/q;3*+1/p-3. The molecule has 0 saturated heterocycles. The first-order valence-corrected chi connectivity index (χ1v) is 18.1. The number of hydrogen-bond donors (Lipinski definition) is 4. The molecule has 0 radical (unpaired) electrons. The van der Waals surface area contributed by atoms with E-state index in [0.29, 0.717) is 6.07 Å². The van der Waals surface area contributed by atoms with Crippen LogP contribution >= 0.6 is 0 Å². The normalized spacial score (nSPS) is 11.8. The van der Waals surface area contributed by atoms with E-state index in [0.717, 1.165) is 18.2 Å². The molecule has 0 spiro atoms. The van der Waals surface area contributed by atoms with Crippen LogP contribution in [0.2, 0.25) is 0 Å². The smallest absolute Gasteiger partial charge is 0.872 e. The van der Waals surface area contributed by atoms with Crippen LogP contribution in [0.3, 0.4) is 0 Å². The number of carbonyl (C=O) groups excluding carboxylic acids is 1. The summed E-state index contributed by atoms with van der Waals surface area (Å²) in [5, 5.41) is 38.7. The van der Waals surface area contributed by atoms with Crippen LogP contribution in [0.1, 0.15) is 0 Å². The zero-order valence-corrected chi connectivity index (χ0v) is 36.2. The summed E-state index contributed by atoms with van der Waals surface area (Å²) in [5.41, 5.74) is -0.568. The first kappa shape index (κ1) is 44.7. The van der Waals surface area contributed by atoms with Crippen LogP contribution in [-0.2, 0) is 30.4 Å². The second-order valence-electron chi connectivity index (χ2n) is 10.7. The number of benzene rings is 6. The monoisotopic (exact) mass is 804 g/mol. The minimum atomic E-state index is -5.08. The van der Waals surface area contributed by atoms with Crippen LogP contribution in [0, 0.1) is 0 Å². The summed E-state index contributed by atoms with van der Waals surface area (Å²) in [6.45, 7) is 0. The Morgan fingerprint density at radius 2 is 1.15 bits per heavy atom. The van der Waals surface area contributed by atoms with Gasteiger partial charge in [-0.15, -0.1) is 10.2 Å². The van der Waals surface area contributed by atoms with E-state index in [2.05, 4.69) is 20.9 Å². The van der Waals surface area contributed by atoms with Gasteiger partial charge in [-0.25, -0.2) is 13.2 Å². The average Bonchev–Trinajstić information content (AvgIpc) is 3.02. The molecule has 0 fully saturated rings. The van der Waals surface area contributed by atoms with Crippen molar-refractivity contribution in [1.82, 2.24) is 0 Å². The maximum atomic E-state index is 13.4. The molecule has 4 N–H and O–H groups in total. The Hall–Kier alpha value is -2.70. The van der Waals surface area contributed by atoms with Crippen molar-refractivity contribution in [3.05, 3.63) is 91.0 Å². The SMILES string of the molecule is O=C(Nc1ccc2c([O-])cc(S(=O)(=O)[O-])cc2c1)Nc1ccc2c([O-])c(N=Nc3ccc(S(=O)(=O)O)c4ccccc34)c(S(=O)(=O)O)cc2c1.[Na+].[Na+].[Na+]. The molecule has 0 atom stereocenters. The summed E-state index contributed by atoms with van der Waals surface area (Å²) in [7, 11) is -14.6. The molecule has 256 valence electrons. The first-order valence-electron chi connectivity index (χ1n) is 13.8. The van der Waals surface area contributed by atoms with Gasteiger partial charge in [-0.05, 0) is 70.1 Å². The maximum absolute atomic E-state index is 13.4. The van der Waals surface area contributed by atoms with Gasteiger partial charge in [-0.1, -0.05) is 54.0 Å². The van der Waals surface area contributed by atoms with Gasteiger partial charge in [0.05, 0.1) is 16.3 Å². The van der Waals surface area contributed by atoms with Crippen molar-refractivity contribution in [2.75, 3.05) is 10.6 Å². The van der Waals surface area contributed by atoms with Crippen molar-refractivity contribution >= 4 is 91.5 Å². The van der Waals surface area contributed by atoms with E-state index in [9.17, 15) is 53.9 Å². The zero-order chi connectivity index (χ0) is 36.2. The third kappa shape index (κ3) is 9.76. The van der Waals surface area contributed by atoms with E-state index in [1.165, 1.54) is 60.7 Å². The van der Waals surface area contributed by atoms with Crippen LogP contribution in [0.4, 0.5) is 27.5 Å². The summed E-state index contributed by atoms with van der Waals surface area (Å²) < 4.78 is 102. The van der Waals surface area contributed by atoms with E-state index < -0.39 is 68.3 Å². The first-order chi connectivity index (χ1) is 23.4. The molecule has 0 aliphatic heterocycles. The molecule has 0 aliphatic rings. The molecule has 6 rings (SSSR count). The summed E-state index contributed by atoms with van der Waals surface area (Å²) in [6.07, 6.45) is 0. The molecule has 53 heavy (non-hydrogen) atoms. The molecule has 22 heteroatoms. The fraction of sp³-hybridized carbons (Fsp3) is 0. The third-order valence-electron chi connectivity index (χ3n) is 7.40. The van der Waals surface area contributed by atoms with Crippen molar-refractivity contribution in [3.8, 4) is 11.5 Å². The number of rotatable bonds is 7. The summed E-state index contributed by atoms with van der Waals surface area (Å²) in [4.78, 5) is 10.7. The number of fused-ring (bicyclic) bond motifs is 3. The molecule has 0 aliphatic carbocycles. The van der Waals surface area contributed by atoms with Gasteiger partial charge >= 0.3 is 94.7 Å². The molecule has 2 amide bonds. The van der Waals surface area contributed by atoms with Crippen molar-refractivity contribution in [2.45, 2.75) is 14.7 Å². The van der Waals surface area contributed by atoms with E-state index in [1.54, 1.807) is 6.07 Å². The van der Waals surface area contributed by atoms with Gasteiger partial charge in [-0.3, -0.25) is 9.11 Å². The Kier molecular flexibility index (Phi) is 14.3. The number of nitrogens with one attached hydrogen (secondary N) is 2. The topological polar surface area (TPSA) is 278 Å².